The van der Waals surface area contributed by atoms with Crippen LogP contribution < -0.4 is 5.32 Å². The van der Waals surface area contributed by atoms with Crippen molar-refractivity contribution in [2.45, 2.75) is 52.1 Å². The molecule has 0 aromatic rings. The zero-order chi connectivity index (χ0) is 14.0. The van der Waals surface area contributed by atoms with E-state index in [0.717, 1.165) is 45.4 Å². The van der Waals surface area contributed by atoms with Crippen LogP contribution >= 0.6 is 24.8 Å². The lowest BCUT2D eigenvalue weighted by Gasteiger charge is -2.40. The Balaban J connectivity index is 0.00000200. The monoisotopic (exact) mass is 339 g/mol. The number of hydrogen-bond acceptors (Lipinski definition) is 3. The fourth-order valence-electron chi connectivity index (χ4n) is 3.38. The Morgan fingerprint density at radius 1 is 1.29 bits per heavy atom. The summed E-state index contributed by atoms with van der Waals surface area (Å²) in [6.07, 6.45) is 3.20. The second-order valence-electron chi connectivity index (χ2n) is 6.76. The van der Waals surface area contributed by atoms with Gasteiger partial charge in [-0.1, -0.05) is 0 Å². The number of nitrogens with one attached hydrogen (secondary N) is 1. The maximum absolute atomic E-state index is 12.7. The Labute approximate surface area is 141 Å². The molecule has 2 aliphatic heterocycles. The number of halogens is 2. The van der Waals surface area contributed by atoms with Gasteiger partial charge in [0.15, 0.2) is 0 Å². The first-order valence-corrected chi connectivity index (χ1v) is 7.66. The van der Waals surface area contributed by atoms with Crippen LogP contribution in [0.4, 0.5) is 0 Å². The van der Waals surface area contributed by atoms with Crippen LogP contribution in [0.15, 0.2) is 0 Å². The Morgan fingerprint density at radius 3 is 2.29 bits per heavy atom. The van der Waals surface area contributed by atoms with Gasteiger partial charge in [0.1, 0.15) is 0 Å². The van der Waals surface area contributed by atoms with Crippen molar-refractivity contribution in [3.63, 3.8) is 0 Å². The zero-order valence-corrected chi connectivity index (χ0v) is 15.4. The normalized spacial score (nSPS) is 27.1. The van der Waals surface area contributed by atoms with Gasteiger partial charge in [0.25, 0.3) is 0 Å². The third-order valence-corrected chi connectivity index (χ3v) is 4.98. The summed E-state index contributed by atoms with van der Waals surface area (Å²) in [5.41, 5.74) is -0.177. The average Bonchev–Trinajstić information content (AvgIpc) is 2.85. The van der Waals surface area contributed by atoms with Gasteiger partial charge in [-0.15, -0.1) is 24.8 Å². The molecule has 21 heavy (non-hydrogen) atoms. The summed E-state index contributed by atoms with van der Waals surface area (Å²) >= 11 is 0. The standard InChI is InChI=1S/C15H29N3O.2ClH/c1-12(2)18-9-5-13(6-10-18)17(4)14(19)15(3)7-8-16-11-15;;/h12-13,16H,5-11H2,1-4H3;2*1H. The van der Waals surface area contributed by atoms with E-state index >= 15 is 0 Å². The van der Waals surface area contributed by atoms with Crippen molar-refractivity contribution >= 4 is 30.7 Å². The number of amides is 1. The van der Waals surface area contributed by atoms with Gasteiger partial charge in [-0.25, -0.2) is 0 Å². The van der Waals surface area contributed by atoms with Gasteiger partial charge >= 0.3 is 0 Å². The molecule has 0 spiro atoms. The van der Waals surface area contributed by atoms with Gasteiger partial charge in [-0.3, -0.25) is 4.79 Å². The van der Waals surface area contributed by atoms with Gasteiger partial charge in [-0.05, 0) is 46.6 Å². The minimum atomic E-state index is -0.177. The molecule has 2 rings (SSSR count). The zero-order valence-electron chi connectivity index (χ0n) is 13.7. The highest BCUT2D eigenvalue weighted by molar-refractivity contribution is 5.85. The number of rotatable bonds is 3. The topological polar surface area (TPSA) is 35.6 Å². The lowest BCUT2D eigenvalue weighted by Crippen LogP contribution is -2.51. The van der Waals surface area contributed by atoms with E-state index in [9.17, 15) is 4.79 Å². The van der Waals surface area contributed by atoms with Crippen LogP contribution in [-0.2, 0) is 4.79 Å². The van der Waals surface area contributed by atoms with E-state index in [1.54, 1.807) is 0 Å². The Kier molecular flexibility index (Phi) is 8.55. The number of hydrogen-bond donors (Lipinski definition) is 1. The molecule has 0 saturated carbocycles. The number of carbonyl (C=O) groups excluding carboxylic acids is 1. The summed E-state index contributed by atoms with van der Waals surface area (Å²) in [7, 11) is 2.00. The van der Waals surface area contributed by atoms with Crippen LogP contribution in [0.2, 0.25) is 0 Å². The highest BCUT2D eigenvalue weighted by Gasteiger charge is 2.40. The lowest BCUT2D eigenvalue weighted by atomic mass is 9.87. The van der Waals surface area contributed by atoms with Crippen molar-refractivity contribution in [1.29, 1.82) is 0 Å². The Bertz CT molecular complexity index is 325. The van der Waals surface area contributed by atoms with Crippen molar-refractivity contribution in [2.24, 2.45) is 5.41 Å². The van der Waals surface area contributed by atoms with Crippen molar-refractivity contribution in [3.05, 3.63) is 0 Å². The number of nitrogens with zero attached hydrogens (tertiary/aromatic N) is 2. The minimum absolute atomic E-state index is 0. The van der Waals surface area contributed by atoms with Crippen molar-refractivity contribution < 1.29 is 4.79 Å². The summed E-state index contributed by atoms with van der Waals surface area (Å²) in [6.45, 7) is 10.7. The van der Waals surface area contributed by atoms with E-state index in [0.29, 0.717) is 18.0 Å². The molecule has 2 saturated heterocycles. The third kappa shape index (κ3) is 4.72. The fourth-order valence-corrected chi connectivity index (χ4v) is 3.38. The molecule has 1 N–H and O–H groups in total. The summed E-state index contributed by atoms with van der Waals surface area (Å²) in [4.78, 5) is 17.2. The van der Waals surface area contributed by atoms with Crippen molar-refractivity contribution in [1.82, 2.24) is 15.1 Å². The Hall–Kier alpha value is -0.0300. The number of carbonyl (C=O) groups is 1. The fraction of sp³-hybridized carbons (Fsp3) is 0.933. The number of piperidine rings is 1. The maximum atomic E-state index is 12.7. The highest BCUT2D eigenvalue weighted by Crippen LogP contribution is 2.29. The smallest absolute Gasteiger partial charge is 0.229 e. The minimum Gasteiger partial charge on any atom is -0.342 e. The summed E-state index contributed by atoms with van der Waals surface area (Å²) in [5, 5.41) is 3.32. The van der Waals surface area contributed by atoms with Crippen molar-refractivity contribution in [2.75, 3.05) is 33.2 Å². The van der Waals surface area contributed by atoms with Gasteiger partial charge < -0.3 is 15.1 Å². The van der Waals surface area contributed by atoms with E-state index in [1.807, 2.05) is 11.9 Å². The quantitative estimate of drug-likeness (QED) is 0.855. The molecule has 0 radical (unpaired) electrons. The highest BCUT2D eigenvalue weighted by atomic mass is 35.5. The van der Waals surface area contributed by atoms with E-state index in [-0.39, 0.29) is 30.2 Å². The molecule has 4 nitrogen and oxygen atoms in total. The molecule has 1 unspecified atom stereocenters. The van der Waals surface area contributed by atoms with Gasteiger partial charge in [0.05, 0.1) is 5.41 Å². The molecule has 1 atom stereocenters. The maximum Gasteiger partial charge on any atom is 0.229 e. The molecule has 2 aliphatic rings. The molecule has 0 aliphatic carbocycles. The molecule has 6 heteroatoms. The van der Waals surface area contributed by atoms with Crippen LogP contribution in [-0.4, -0.2) is 61.0 Å². The van der Waals surface area contributed by atoms with Crippen LogP contribution in [0, 0.1) is 5.41 Å². The van der Waals surface area contributed by atoms with Crippen LogP contribution in [0.3, 0.4) is 0 Å². The van der Waals surface area contributed by atoms with E-state index in [2.05, 4.69) is 31.0 Å². The van der Waals surface area contributed by atoms with E-state index in [4.69, 9.17) is 0 Å². The summed E-state index contributed by atoms with van der Waals surface area (Å²) < 4.78 is 0. The molecule has 1 amide bonds. The van der Waals surface area contributed by atoms with E-state index in [1.165, 1.54) is 0 Å². The second-order valence-corrected chi connectivity index (χ2v) is 6.76. The largest absolute Gasteiger partial charge is 0.342 e. The molecule has 126 valence electrons. The Morgan fingerprint density at radius 2 is 1.86 bits per heavy atom. The first-order chi connectivity index (χ1) is 8.94. The molecular formula is C15H31Cl2N3O. The third-order valence-electron chi connectivity index (χ3n) is 4.98. The number of likely N-dealkylation sites (tertiary alicyclic amines) is 1. The summed E-state index contributed by atoms with van der Waals surface area (Å²) in [5.74, 6) is 0.334. The summed E-state index contributed by atoms with van der Waals surface area (Å²) in [6, 6.07) is 1.05. The van der Waals surface area contributed by atoms with E-state index < -0.39 is 0 Å². The van der Waals surface area contributed by atoms with Gasteiger partial charge in [-0.2, -0.15) is 0 Å². The van der Waals surface area contributed by atoms with Crippen LogP contribution in [0.25, 0.3) is 0 Å². The second kappa shape index (κ2) is 8.56. The average molecular weight is 340 g/mol. The molecule has 0 aromatic heterocycles. The SMILES string of the molecule is CC(C)N1CCC(N(C)C(=O)C2(C)CCNC2)CC1.Cl.Cl. The first-order valence-electron chi connectivity index (χ1n) is 7.66. The van der Waals surface area contributed by atoms with Crippen molar-refractivity contribution in [3.8, 4) is 0 Å². The molecule has 0 aromatic carbocycles. The molecular weight excluding hydrogens is 309 g/mol. The molecule has 0 bridgehead atoms. The van der Waals surface area contributed by atoms with Gasteiger partial charge in [0.2, 0.25) is 5.91 Å². The van der Waals surface area contributed by atoms with Crippen LogP contribution in [0.1, 0.15) is 40.0 Å². The van der Waals surface area contributed by atoms with Crippen LogP contribution in [0.5, 0.6) is 0 Å². The first kappa shape index (κ1) is 21.0. The molecule has 2 fully saturated rings. The predicted octanol–water partition coefficient (Wildman–Crippen LogP) is 2.16. The predicted molar refractivity (Wildman–Crippen MR) is 92.6 cm³/mol. The van der Waals surface area contributed by atoms with Gasteiger partial charge in [0, 0.05) is 38.8 Å². The molecule has 2 heterocycles. The lowest BCUT2D eigenvalue weighted by molar-refractivity contribution is -0.142.